The molecule has 0 bridgehead atoms. The maximum atomic E-state index is 4.45. The minimum absolute atomic E-state index is 0.284. The highest BCUT2D eigenvalue weighted by Crippen LogP contribution is 2.32. The average molecular weight is 286 g/mol. The first-order valence-electron chi connectivity index (χ1n) is 7.45. The van der Waals surface area contributed by atoms with Crippen LogP contribution in [0.2, 0.25) is 0 Å². The Labute approximate surface area is 131 Å². The zero-order chi connectivity index (χ0) is 15.2. The molecule has 108 valence electrons. The normalized spacial score (nSPS) is 12.4. The van der Waals surface area contributed by atoms with E-state index in [1.54, 1.807) is 0 Å². The van der Waals surface area contributed by atoms with E-state index < -0.39 is 0 Å². The molecule has 2 nitrogen and oxygen atoms in total. The molecule has 0 spiro atoms. The van der Waals surface area contributed by atoms with Gasteiger partial charge in [0.25, 0.3) is 0 Å². The fourth-order valence-electron chi connectivity index (χ4n) is 2.47. The Hall–Kier alpha value is -2.74. The lowest BCUT2D eigenvalue weighted by atomic mass is 9.92. The van der Waals surface area contributed by atoms with Crippen LogP contribution in [0.25, 0.3) is 0 Å². The molecule has 0 N–H and O–H groups in total. The van der Waals surface area contributed by atoms with Crippen LogP contribution in [0, 0.1) is 0 Å². The van der Waals surface area contributed by atoms with E-state index in [9.17, 15) is 0 Å². The summed E-state index contributed by atoms with van der Waals surface area (Å²) in [5.41, 5.74) is 4.26. The fourth-order valence-corrected chi connectivity index (χ4v) is 2.47. The number of nitrogens with zero attached hydrogens (tertiary/aromatic N) is 2. The summed E-state index contributed by atoms with van der Waals surface area (Å²) in [7, 11) is 0. The second-order valence-corrected chi connectivity index (χ2v) is 5.23. The van der Waals surface area contributed by atoms with Crippen LogP contribution in [0.15, 0.2) is 95.2 Å². The number of hydrogen-bond acceptors (Lipinski definition) is 2. The Morgan fingerprint density at radius 1 is 0.636 bits per heavy atom. The quantitative estimate of drug-likeness (QED) is 0.506. The van der Waals surface area contributed by atoms with Gasteiger partial charge < -0.3 is 0 Å². The third-order valence-corrected chi connectivity index (χ3v) is 3.73. The van der Waals surface area contributed by atoms with Crippen molar-refractivity contribution >= 4 is 11.4 Å². The first-order chi connectivity index (χ1) is 10.8. The van der Waals surface area contributed by atoms with Crippen molar-refractivity contribution in [3.05, 3.63) is 96.1 Å². The molecule has 22 heavy (non-hydrogen) atoms. The molecule has 0 aliphatic heterocycles. The van der Waals surface area contributed by atoms with Gasteiger partial charge in [-0.05, 0) is 29.3 Å². The number of hydrogen-bond donors (Lipinski definition) is 0. The molecule has 0 radical (unpaired) electrons. The molecule has 1 atom stereocenters. The van der Waals surface area contributed by atoms with Crippen LogP contribution < -0.4 is 0 Å². The van der Waals surface area contributed by atoms with Crippen LogP contribution in [0.4, 0.5) is 11.4 Å². The van der Waals surface area contributed by atoms with E-state index in [0.717, 1.165) is 11.4 Å². The van der Waals surface area contributed by atoms with E-state index in [2.05, 4.69) is 53.6 Å². The smallest absolute Gasteiger partial charge is 0.0895 e. The topological polar surface area (TPSA) is 24.7 Å². The van der Waals surface area contributed by atoms with Gasteiger partial charge in [0.15, 0.2) is 0 Å². The highest BCUT2D eigenvalue weighted by atomic mass is 15.1. The lowest BCUT2D eigenvalue weighted by Gasteiger charge is -2.14. The van der Waals surface area contributed by atoms with Crippen molar-refractivity contribution in [3.8, 4) is 0 Å². The average Bonchev–Trinajstić information content (AvgIpc) is 2.61. The highest BCUT2D eigenvalue weighted by molar-refractivity contribution is 5.51. The van der Waals surface area contributed by atoms with Gasteiger partial charge in [-0.1, -0.05) is 73.7 Å². The first-order valence-corrected chi connectivity index (χ1v) is 7.45. The maximum Gasteiger partial charge on any atom is 0.0895 e. The summed E-state index contributed by atoms with van der Waals surface area (Å²) in [6.07, 6.45) is 0. The maximum absolute atomic E-state index is 4.45. The largest absolute Gasteiger partial charge is 0.151 e. The molecule has 0 fully saturated rings. The van der Waals surface area contributed by atoms with Crippen molar-refractivity contribution in [2.75, 3.05) is 0 Å². The second kappa shape index (κ2) is 6.81. The summed E-state index contributed by atoms with van der Waals surface area (Å²) in [6.45, 7) is 2.20. The van der Waals surface area contributed by atoms with Gasteiger partial charge >= 0.3 is 0 Å². The van der Waals surface area contributed by atoms with E-state index in [1.165, 1.54) is 11.1 Å². The lowest BCUT2D eigenvalue weighted by Crippen LogP contribution is -1.95. The van der Waals surface area contributed by atoms with Gasteiger partial charge in [0.1, 0.15) is 0 Å². The van der Waals surface area contributed by atoms with E-state index in [1.807, 2.05) is 48.5 Å². The van der Waals surface area contributed by atoms with Gasteiger partial charge in [-0.15, -0.1) is 0 Å². The summed E-state index contributed by atoms with van der Waals surface area (Å²) in [6, 6.07) is 28.5. The standard InChI is InChI=1S/C20H18N2/c1-16(17-10-4-2-5-11-17)19-14-8-9-15-20(19)22-21-18-12-6-3-7-13-18/h2-16H,1H3. The molecule has 0 saturated heterocycles. The minimum Gasteiger partial charge on any atom is -0.151 e. The molecule has 0 aromatic heterocycles. The Morgan fingerprint density at radius 2 is 1.23 bits per heavy atom. The van der Waals surface area contributed by atoms with Crippen LogP contribution in [0.3, 0.4) is 0 Å². The summed E-state index contributed by atoms with van der Waals surface area (Å²) < 4.78 is 0. The van der Waals surface area contributed by atoms with Gasteiger partial charge in [-0.3, -0.25) is 0 Å². The SMILES string of the molecule is CC(c1ccccc1)c1ccccc1N=Nc1ccccc1. The molecule has 0 aliphatic carbocycles. The summed E-state index contributed by atoms with van der Waals surface area (Å²) in [5.74, 6) is 0.284. The minimum atomic E-state index is 0.284. The molecule has 3 aromatic carbocycles. The predicted octanol–water partition coefficient (Wildman–Crippen LogP) is 6.25. The summed E-state index contributed by atoms with van der Waals surface area (Å²) in [4.78, 5) is 0. The molecule has 0 heterocycles. The second-order valence-electron chi connectivity index (χ2n) is 5.23. The van der Waals surface area contributed by atoms with Crippen LogP contribution in [-0.4, -0.2) is 0 Å². The molecule has 0 amide bonds. The van der Waals surface area contributed by atoms with Gasteiger partial charge in [-0.2, -0.15) is 10.2 Å². The first kappa shape index (κ1) is 14.2. The molecule has 3 rings (SSSR count). The summed E-state index contributed by atoms with van der Waals surface area (Å²) in [5, 5.41) is 8.79. The fraction of sp³-hybridized carbons (Fsp3) is 0.100. The Balaban J connectivity index is 1.92. The van der Waals surface area contributed by atoms with E-state index in [-0.39, 0.29) is 5.92 Å². The zero-order valence-electron chi connectivity index (χ0n) is 12.6. The number of benzene rings is 3. The lowest BCUT2D eigenvalue weighted by molar-refractivity contribution is 0.918. The third kappa shape index (κ3) is 3.29. The molecule has 1 unspecified atom stereocenters. The Kier molecular flexibility index (Phi) is 4.40. The van der Waals surface area contributed by atoms with Crippen LogP contribution in [0.1, 0.15) is 24.0 Å². The molecular formula is C20H18N2. The zero-order valence-corrected chi connectivity index (χ0v) is 12.6. The van der Waals surface area contributed by atoms with E-state index >= 15 is 0 Å². The van der Waals surface area contributed by atoms with Gasteiger partial charge in [0, 0.05) is 5.92 Å². The molecule has 3 aromatic rings. The van der Waals surface area contributed by atoms with Crippen molar-refractivity contribution in [1.29, 1.82) is 0 Å². The van der Waals surface area contributed by atoms with Crippen molar-refractivity contribution in [2.45, 2.75) is 12.8 Å². The molecule has 0 aliphatic rings. The van der Waals surface area contributed by atoms with E-state index in [0.29, 0.717) is 0 Å². The Morgan fingerprint density at radius 3 is 1.95 bits per heavy atom. The number of rotatable bonds is 4. The van der Waals surface area contributed by atoms with E-state index in [4.69, 9.17) is 0 Å². The summed E-state index contributed by atoms with van der Waals surface area (Å²) >= 11 is 0. The van der Waals surface area contributed by atoms with Crippen LogP contribution in [-0.2, 0) is 0 Å². The predicted molar refractivity (Wildman–Crippen MR) is 91.0 cm³/mol. The number of azo groups is 1. The third-order valence-electron chi connectivity index (χ3n) is 3.73. The van der Waals surface area contributed by atoms with Crippen molar-refractivity contribution in [3.63, 3.8) is 0 Å². The highest BCUT2D eigenvalue weighted by Gasteiger charge is 2.11. The van der Waals surface area contributed by atoms with Gasteiger partial charge in [0.05, 0.1) is 11.4 Å². The molecule has 0 saturated carbocycles. The molecule has 2 heteroatoms. The van der Waals surface area contributed by atoms with Gasteiger partial charge in [-0.25, -0.2) is 0 Å². The van der Waals surface area contributed by atoms with Crippen molar-refractivity contribution in [1.82, 2.24) is 0 Å². The van der Waals surface area contributed by atoms with Crippen LogP contribution in [0.5, 0.6) is 0 Å². The van der Waals surface area contributed by atoms with Crippen molar-refractivity contribution < 1.29 is 0 Å². The van der Waals surface area contributed by atoms with Gasteiger partial charge in [0.2, 0.25) is 0 Å². The monoisotopic (exact) mass is 286 g/mol. The van der Waals surface area contributed by atoms with Crippen molar-refractivity contribution in [2.24, 2.45) is 10.2 Å². The molecular weight excluding hydrogens is 268 g/mol. The van der Waals surface area contributed by atoms with Crippen LogP contribution >= 0.6 is 0 Å². The Bertz CT molecular complexity index is 749.